The van der Waals surface area contributed by atoms with Crippen molar-refractivity contribution in [3.05, 3.63) is 59.7 Å². The van der Waals surface area contributed by atoms with Crippen molar-refractivity contribution in [1.29, 1.82) is 0 Å². The molecule has 1 unspecified atom stereocenters. The van der Waals surface area contributed by atoms with E-state index in [1.807, 2.05) is 12.1 Å². The molecule has 0 saturated carbocycles. The second kappa shape index (κ2) is 6.96. The predicted molar refractivity (Wildman–Crippen MR) is 86.3 cm³/mol. The fourth-order valence-corrected chi connectivity index (χ4v) is 3.30. The topological polar surface area (TPSA) is 52.8 Å². The molecule has 3 rings (SSSR count). The average molecular weight is 348 g/mol. The summed E-state index contributed by atoms with van der Waals surface area (Å²) in [4.78, 5) is 0. The number of rotatable bonds is 5. The molecule has 0 aliphatic rings. The molecule has 2 aromatic carbocycles. The summed E-state index contributed by atoms with van der Waals surface area (Å²) in [6.07, 6.45) is 0. The van der Waals surface area contributed by atoms with Gasteiger partial charge in [-0.25, -0.2) is 8.78 Å². The van der Waals surface area contributed by atoms with Crippen molar-refractivity contribution in [1.82, 2.24) is 20.2 Å². The van der Waals surface area contributed by atoms with E-state index in [1.54, 1.807) is 26.2 Å². The highest BCUT2D eigenvalue weighted by Gasteiger charge is 2.21. The van der Waals surface area contributed by atoms with E-state index in [1.165, 1.54) is 22.9 Å². The lowest BCUT2D eigenvalue weighted by atomic mass is 10.1. The van der Waals surface area contributed by atoms with E-state index in [9.17, 15) is 8.78 Å². The van der Waals surface area contributed by atoms with Crippen LogP contribution in [0.4, 0.5) is 8.78 Å². The van der Waals surface area contributed by atoms with Crippen LogP contribution in [-0.4, -0.2) is 27.3 Å². The minimum atomic E-state index is -0.591. The molecule has 0 radical (unpaired) electrons. The number of nitrogens with zero attached hydrogens (tertiary/aromatic N) is 4. The molecule has 124 valence electrons. The van der Waals surface area contributed by atoms with Crippen LogP contribution in [0.3, 0.4) is 0 Å². The predicted octanol–water partition coefficient (Wildman–Crippen LogP) is 3.80. The number of thioether (sulfide) groups is 1. The first-order valence-electron chi connectivity index (χ1n) is 7.14. The zero-order valence-corrected chi connectivity index (χ0v) is 13.8. The molecule has 0 spiro atoms. The maximum atomic E-state index is 13.9. The molecule has 5 nitrogen and oxygen atoms in total. The van der Waals surface area contributed by atoms with Crippen molar-refractivity contribution in [3.63, 3.8) is 0 Å². The molecule has 0 aliphatic carbocycles. The van der Waals surface area contributed by atoms with Crippen molar-refractivity contribution in [3.8, 4) is 11.4 Å². The van der Waals surface area contributed by atoms with E-state index < -0.39 is 16.9 Å². The van der Waals surface area contributed by atoms with Gasteiger partial charge < -0.3 is 4.74 Å². The summed E-state index contributed by atoms with van der Waals surface area (Å²) in [6.45, 7) is 1.70. The molecular formula is C16H14F2N4OS. The minimum Gasteiger partial charge on any atom is -0.494 e. The summed E-state index contributed by atoms with van der Waals surface area (Å²) in [5.74, 6) is -0.589. The molecule has 3 aromatic rings. The Labute approximate surface area is 141 Å². The van der Waals surface area contributed by atoms with Crippen LogP contribution in [0.2, 0.25) is 0 Å². The van der Waals surface area contributed by atoms with Crippen molar-refractivity contribution in [2.45, 2.75) is 17.3 Å². The molecule has 0 fully saturated rings. The first-order chi connectivity index (χ1) is 11.6. The molecule has 8 heteroatoms. The van der Waals surface area contributed by atoms with Gasteiger partial charge in [-0.15, -0.1) is 5.10 Å². The summed E-state index contributed by atoms with van der Waals surface area (Å²) in [7, 11) is 1.55. The van der Waals surface area contributed by atoms with Gasteiger partial charge in [-0.3, -0.25) is 0 Å². The van der Waals surface area contributed by atoms with Gasteiger partial charge in [0.05, 0.1) is 7.11 Å². The van der Waals surface area contributed by atoms with Gasteiger partial charge in [0.15, 0.2) is 0 Å². The maximum absolute atomic E-state index is 13.9. The summed E-state index contributed by atoms with van der Waals surface area (Å²) in [5.41, 5.74) is 0.644. The van der Waals surface area contributed by atoms with Crippen molar-refractivity contribution < 1.29 is 13.5 Å². The van der Waals surface area contributed by atoms with Crippen LogP contribution in [0.25, 0.3) is 5.69 Å². The Bertz CT molecular complexity index is 835. The minimum absolute atomic E-state index is 0.00271. The quantitative estimate of drug-likeness (QED) is 0.657. The normalized spacial score (nSPS) is 12.2. The van der Waals surface area contributed by atoms with E-state index in [4.69, 9.17) is 4.74 Å². The Kier molecular flexibility index (Phi) is 4.75. The van der Waals surface area contributed by atoms with Crippen molar-refractivity contribution in [2.24, 2.45) is 0 Å². The van der Waals surface area contributed by atoms with Gasteiger partial charge >= 0.3 is 0 Å². The summed E-state index contributed by atoms with van der Waals surface area (Å²) in [5, 5.41) is 11.5. The van der Waals surface area contributed by atoms with Crippen LogP contribution < -0.4 is 4.74 Å². The number of aromatic nitrogens is 4. The van der Waals surface area contributed by atoms with E-state index in [0.717, 1.165) is 11.8 Å². The molecule has 1 atom stereocenters. The van der Waals surface area contributed by atoms with E-state index in [2.05, 4.69) is 15.5 Å². The SMILES string of the molecule is COc1ccccc1-n1nnnc1SC(C)c1c(F)cccc1F. The summed E-state index contributed by atoms with van der Waals surface area (Å²) >= 11 is 1.16. The molecule has 0 aliphatic heterocycles. The second-order valence-corrected chi connectivity index (χ2v) is 6.25. The zero-order chi connectivity index (χ0) is 17.1. The third kappa shape index (κ3) is 3.09. The van der Waals surface area contributed by atoms with Gasteiger partial charge in [0.25, 0.3) is 0 Å². The number of para-hydroxylation sites is 2. The standard InChI is InChI=1S/C16H14F2N4OS/c1-10(15-11(17)6-5-7-12(15)18)24-16-19-20-21-22(16)13-8-3-4-9-14(13)23-2/h3-10H,1-2H3. The number of tetrazole rings is 1. The lowest BCUT2D eigenvalue weighted by molar-refractivity contribution is 0.410. The van der Waals surface area contributed by atoms with Crippen LogP contribution in [0.1, 0.15) is 17.7 Å². The van der Waals surface area contributed by atoms with Gasteiger partial charge in [0.1, 0.15) is 23.1 Å². The fourth-order valence-electron chi connectivity index (χ4n) is 2.32. The van der Waals surface area contributed by atoms with Gasteiger partial charge in [-0.1, -0.05) is 30.0 Å². The monoisotopic (exact) mass is 348 g/mol. The highest BCUT2D eigenvalue weighted by atomic mass is 32.2. The van der Waals surface area contributed by atoms with Crippen LogP contribution in [-0.2, 0) is 0 Å². The Morgan fingerprint density at radius 3 is 2.50 bits per heavy atom. The molecule has 0 amide bonds. The Balaban J connectivity index is 1.94. The molecule has 24 heavy (non-hydrogen) atoms. The van der Waals surface area contributed by atoms with Crippen molar-refractivity contribution >= 4 is 11.8 Å². The Hall–Kier alpha value is -2.48. The van der Waals surface area contributed by atoms with Crippen LogP contribution >= 0.6 is 11.8 Å². The number of hydrogen-bond acceptors (Lipinski definition) is 5. The largest absolute Gasteiger partial charge is 0.494 e. The number of halogens is 2. The highest BCUT2D eigenvalue weighted by Crippen LogP contribution is 2.37. The number of hydrogen-bond donors (Lipinski definition) is 0. The van der Waals surface area contributed by atoms with Gasteiger partial charge in [-0.2, -0.15) is 4.68 Å². The van der Waals surface area contributed by atoms with Gasteiger partial charge in [0.2, 0.25) is 5.16 Å². The molecule has 1 aromatic heterocycles. The van der Waals surface area contributed by atoms with E-state index >= 15 is 0 Å². The summed E-state index contributed by atoms with van der Waals surface area (Å²) < 4.78 is 34.7. The Morgan fingerprint density at radius 1 is 1.08 bits per heavy atom. The molecular weight excluding hydrogens is 334 g/mol. The van der Waals surface area contributed by atoms with Crippen LogP contribution in [0.5, 0.6) is 5.75 Å². The molecule has 0 N–H and O–H groups in total. The van der Waals surface area contributed by atoms with Gasteiger partial charge in [0, 0.05) is 10.8 Å². The number of benzene rings is 2. The maximum Gasteiger partial charge on any atom is 0.214 e. The van der Waals surface area contributed by atoms with Gasteiger partial charge in [-0.05, 0) is 41.6 Å². The first kappa shape index (κ1) is 16.4. The lowest BCUT2D eigenvalue weighted by Gasteiger charge is -2.14. The number of methoxy groups -OCH3 is 1. The fraction of sp³-hybridized carbons (Fsp3) is 0.188. The van der Waals surface area contributed by atoms with Crippen molar-refractivity contribution in [2.75, 3.05) is 7.11 Å². The second-order valence-electron chi connectivity index (χ2n) is 4.94. The average Bonchev–Trinajstić information content (AvgIpc) is 3.02. The first-order valence-corrected chi connectivity index (χ1v) is 8.02. The lowest BCUT2D eigenvalue weighted by Crippen LogP contribution is -2.04. The van der Waals surface area contributed by atoms with Crippen LogP contribution in [0, 0.1) is 11.6 Å². The molecule has 1 heterocycles. The highest BCUT2D eigenvalue weighted by molar-refractivity contribution is 7.99. The number of ether oxygens (including phenoxy) is 1. The third-order valence-electron chi connectivity index (χ3n) is 3.44. The molecule has 0 saturated heterocycles. The zero-order valence-electron chi connectivity index (χ0n) is 13.0. The van der Waals surface area contributed by atoms with E-state index in [0.29, 0.717) is 16.6 Å². The third-order valence-corrected chi connectivity index (χ3v) is 4.50. The molecule has 0 bridgehead atoms. The van der Waals surface area contributed by atoms with Crippen LogP contribution in [0.15, 0.2) is 47.6 Å². The smallest absolute Gasteiger partial charge is 0.214 e. The Morgan fingerprint density at radius 2 is 1.79 bits per heavy atom. The summed E-state index contributed by atoms with van der Waals surface area (Å²) in [6, 6.07) is 11.0. The van der Waals surface area contributed by atoms with E-state index in [-0.39, 0.29) is 5.56 Å².